The van der Waals surface area contributed by atoms with E-state index in [4.69, 9.17) is 19.0 Å². The lowest BCUT2D eigenvalue weighted by atomic mass is 10.1. The van der Waals surface area contributed by atoms with Crippen LogP contribution in [0.15, 0.2) is 47.6 Å². The number of hydrogen-bond acceptors (Lipinski definition) is 7. The SMILES string of the molecule is C/C(=N/OCC(=O)O[C@H](C)C(=O)Nc1ccc(C)cc1)c1ccc2c(c1)OCO2. The number of ether oxygens (including phenoxy) is 3. The van der Waals surface area contributed by atoms with Crippen molar-refractivity contribution in [2.45, 2.75) is 26.9 Å². The number of fused-ring (bicyclic) bond motifs is 1. The van der Waals surface area contributed by atoms with Crippen molar-refractivity contribution in [1.29, 1.82) is 0 Å². The smallest absolute Gasteiger partial charge is 0.347 e. The van der Waals surface area contributed by atoms with Gasteiger partial charge in [-0.2, -0.15) is 0 Å². The first-order valence-corrected chi connectivity index (χ1v) is 9.06. The van der Waals surface area contributed by atoms with Gasteiger partial charge in [0.1, 0.15) is 0 Å². The Morgan fingerprint density at radius 2 is 1.86 bits per heavy atom. The number of benzene rings is 2. The average Bonchev–Trinajstić information content (AvgIpc) is 3.17. The molecule has 1 aliphatic heterocycles. The minimum Gasteiger partial charge on any atom is -0.454 e. The quantitative estimate of drug-likeness (QED) is 0.438. The molecule has 0 fully saturated rings. The van der Waals surface area contributed by atoms with E-state index in [1.54, 1.807) is 31.2 Å². The van der Waals surface area contributed by atoms with Crippen molar-refractivity contribution >= 4 is 23.3 Å². The van der Waals surface area contributed by atoms with Gasteiger partial charge in [0, 0.05) is 11.3 Å². The Labute approximate surface area is 168 Å². The van der Waals surface area contributed by atoms with Crippen molar-refractivity contribution in [3.8, 4) is 11.5 Å². The van der Waals surface area contributed by atoms with Crippen LogP contribution in [0.25, 0.3) is 0 Å². The molecule has 8 nitrogen and oxygen atoms in total. The first kappa shape index (κ1) is 20.2. The van der Waals surface area contributed by atoms with Gasteiger partial charge in [-0.15, -0.1) is 0 Å². The monoisotopic (exact) mass is 398 g/mol. The van der Waals surface area contributed by atoms with Crippen LogP contribution in [0.4, 0.5) is 5.69 Å². The summed E-state index contributed by atoms with van der Waals surface area (Å²) < 4.78 is 15.6. The lowest BCUT2D eigenvalue weighted by molar-refractivity contribution is -0.157. The summed E-state index contributed by atoms with van der Waals surface area (Å²) in [6.45, 7) is 4.95. The highest BCUT2D eigenvalue weighted by Crippen LogP contribution is 2.32. The molecule has 3 rings (SSSR count). The zero-order chi connectivity index (χ0) is 20.8. The van der Waals surface area contributed by atoms with E-state index < -0.39 is 24.6 Å². The molecule has 0 aliphatic carbocycles. The number of carbonyl (C=O) groups excluding carboxylic acids is 2. The number of hydrogen-bond donors (Lipinski definition) is 1. The van der Waals surface area contributed by atoms with Gasteiger partial charge in [0.25, 0.3) is 5.91 Å². The number of nitrogens with zero attached hydrogens (tertiary/aromatic N) is 1. The van der Waals surface area contributed by atoms with Crippen LogP contribution in [0.5, 0.6) is 11.5 Å². The van der Waals surface area contributed by atoms with E-state index in [-0.39, 0.29) is 6.79 Å². The summed E-state index contributed by atoms with van der Waals surface area (Å²) in [6.07, 6.45) is -0.966. The Morgan fingerprint density at radius 1 is 1.14 bits per heavy atom. The number of oxime groups is 1. The maximum atomic E-state index is 12.1. The molecule has 0 aromatic heterocycles. The predicted octanol–water partition coefficient (Wildman–Crippen LogP) is 3.03. The van der Waals surface area contributed by atoms with Crippen LogP contribution in [0.3, 0.4) is 0 Å². The van der Waals surface area contributed by atoms with E-state index in [1.807, 2.05) is 25.1 Å². The van der Waals surface area contributed by atoms with Crippen LogP contribution in [0.2, 0.25) is 0 Å². The van der Waals surface area contributed by atoms with Crippen molar-refractivity contribution in [2.24, 2.45) is 5.16 Å². The fourth-order valence-corrected chi connectivity index (χ4v) is 2.52. The second-order valence-electron chi connectivity index (χ2n) is 6.51. The molecule has 2 aromatic rings. The van der Waals surface area contributed by atoms with Crippen LogP contribution < -0.4 is 14.8 Å². The topological polar surface area (TPSA) is 95.5 Å². The molecule has 29 heavy (non-hydrogen) atoms. The second-order valence-corrected chi connectivity index (χ2v) is 6.51. The van der Waals surface area contributed by atoms with Crippen molar-refractivity contribution in [2.75, 3.05) is 18.7 Å². The van der Waals surface area contributed by atoms with Gasteiger partial charge < -0.3 is 24.4 Å². The Morgan fingerprint density at radius 3 is 2.62 bits per heavy atom. The molecule has 0 bridgehead atoms. The van der Waals surface area contributed by atoms with E-state index in [1.165, 1.54) is 6.92 Å². The number of rotatable bonds is 7. The molecule has 1 atom stereocenters. The summed E-state index contributed by atoms with van der Waals surface area (Å²) in [4.78, 5) is 29.1. The number of esters is 1. The zero-order valence-electron chi connectivity index (χ0n) is 16.4. The van der Waals surface area contributed by atoms with E-state index in [0.717, 1.165) is 11.1 Å². The van der Waals surface area contributed by atoms with Gasteiger partial charge in [-0.05, 0) is 51.1 Å². The molecule has 1 N–H and O–H groups in total. The van der Waals surface area contributed by atoms with E-state index >= 15 is 0 Å². The van der Waals surface area contributed by atoms with Crippen LogP contribution in [-0.2, 0) is 19.2 Å². The summed E-state index contributed by atoms with van der Waals surface area (Å²) in [7, 11) is 0. The molecule has 1 aliphatic rings. The maximum Gasteiger partial charge on any atom is 0.347 e. The molecule has 0 saturated carbocycles. The number of nitrogens with one attached hydrogen (secondary N) is 1. The minimum absolute atomic E-state index is 0.187. The normalized spacial score (nSPS) is 13.6. The molecule has 0 saturated heterocycles. The second kappa shape index (κ2) is 9.09. The van der Waals surface area contributed by atoms with Crippen molar-refractivity contribution in [3.63, 3.8) is 0 Å². The van der Waals surface area contributed by atoms with Crippen molar-refractivity contribution < 1.29 is 28.6 Å². The van der Waals surface area contributed by atoms with Crippen LogP contribution in [0, 0.1) is 6.92 Å². The van der Waals surface area contributed by atoms with Crippen LogP contribution in [-0.4, -0.2) is 37.1 Å². The standard InChI is InChI=1S/C21H22N2O6/c1-13-4-7-17(8-5-13)22-21(25)15(3)29-20(24)11-28-23-14(2)16-6-9-18-19(10-16)27-12-26-18/h4-10,15H,11-12H2,1-3H3,(H,22,25)/b23-14-/t15-/m1/s1. The third-order valence-corrected chi connectivity index (χ3v) is 4.17. The molecule has 152 valence electrons. The lowest BCUT2D eigenvalue weighted by Gasteiger charge is -2.13. The summed E-state index contributed by atoms with van der Waals surface area (Å²) in [5.41, 5.74) is 3.04. The van der Waals surface area contributed by atoms with E-state index in [2.05, 4.69) is 10.5 Å². The Kier molecular flexibility index (Phi) is 6.33. The number of carbonyl (C=O) groups is 2. The van der Waals surface area contributed by atoms with Gasteiger partial charge in [-0.1, -0.05) is 22.9 Å². The molecule has 0 radical (unpaired) electrons. The van der Waals surface area contributed by atoms with E-state index in [0.29, 0.717) is 22.9 Å². The largest absolute Gasteiger partial charge is 0.454 e. The molecule has 1 amide bonds. The fourth-order valence-electron chi connectivity index (χ4n) is 2.52. The third-order valence-electron chi connectivity index (χ3n) is 4.17. The zero-order valence-corrected chi connectivity index (χ0v) is 16.4. The molecule has 8 heteroatoms. The predicted molar refractivity (Wildman–Crippen MR) is 106 cm³/mol. The van der Waals surface area contributed by atoms with Gasteiger partial charge >= 0.3 is 5.97 Å². The molecule has 0 spiro atoms. The average molecular weight is 398 g/mol. The minimum atomic E-state index is -0.966. The van der Waals surface area contributed by atoms with Crippen LogP contribution >= 0.6 is 0 Å². The number of aryl methyl sites for hydroxylation is 1. The van der Waals surface area contributed by atoms with E-state index in [9.17, 15) is 9.59 Å². The first-order chi connectivity index (χ1) is 13.9. The van der Waals surface area contributed by atoms with Crippen molar-refractivity contribution in [1.82, 2.24) is 0 Å². The van der Waals surface area contributed by atoms with Crippen LogP contribution in [0.1, 0.15) is 25.0 Å². The highest BCUT2D eigenvalue weighted by Gasteiger charge is 2.18. The Hall–Kier alpha value is -3.55. The number of anilines is 1. The molecule has 1 heterocycles. The summed E-state index contributed by atoms with van der Waals surface area (Å²) >= 11 is 0. The van der Waals surface area contributed by atoms with Crippen molar-refractivity contribution in [3.05, 3.63) is 53.6 Å². The molecule has 2 aromatic carbocycles. The maximum absolute atomic E-state index is 12.1. The summed E-state index contributed by atoms with van der Waals surface area (Å²) in [6, 6.07) is 12.7. The molecular weight excluding hydrogens is 376 g/mol. The van der Waals surface area contributed by atoms with Gasteiger partial charge in [-0.25, -0.2) is 4.79 Å². The highest BCUT2D eigenvalue weighted by molar-refractivity contribution is 5.99. The lowest BCUT2D eigenvalue weighted by Crippen LogP contribution is -2.31. The molecule has 0 unspecified atom stereocenters. The highest BCUT2D eigenvalue weighted by atomic mass is 16.7. The van der Waals surface area contributed by atoms with Gasteiger partial charge in [0.2, 0.25) is 13.4 Å². The van der Waals surface area contributed by atoms with Gasteiger partial charge in [0.05, 0.1) is 5.71 Å². The number of amides is 1. The van der Waals surface area contributed by atoms with Gasteiger partial charge in [-0.3, -0.25) is 4.79 Å². The summed E-state index contributed by atoms with van der Waals surface area (Å²) in [5, 5.41) is 6.59. The summed E-state index contributed by atoms with van der Waals surface area (Å²) in [5.74, 6) is 0.176. The fraction of sp³-hybridized carbons (Fsp3) is 0.286. The molecular formula is C21H22N2O6. The van der Waals surface area contributed by atoms with Gasteiger partial charge in [0.15, 0.2) is 17.6 Å². The Balaban J connectivity index is 1.45. The third kappa shape index (κ3) is 5.47. The Bertz CT molecular complexity index is 923. The first-order valence-electron chi connectivity index (χ1n) is 9.06.